The van der Waals surface area contributed by atoms with Gasteiger partial charge < -0.3 is 24.4 Å². The lowest BCUT2D eigenvalue weighted by Gasteiger charge is -2.44. The molecular weight excluding hydrogens is 426 g/mol. The topological polar surface area (TPSA) is 106 Å². The van der Waals surface area contributed by atoms with E-state index in [1.807, 2.05) is 6.07 Å². The first kappa shape index (κ1) is 22.2. The van der Waals surface area contributed by atoms with Gasteiger partial charge in [-0.1, -0.05) is 6.07 Å². The highest BCUT2D eigenvalue weighted by Crippen LogP contribution is 2.44. The number of benzene rings is 2. The second kappa shape index (κ2) is 9.23. The van der Waals surface area contributed by atoms with Gasteiger partial charge in [-0.2, -0.15) is 0 Å². The highest BCUT2D eigenvalue weighted by molar-refractivity contribution is 6.03. The van der Waals surface area contributed by atoms with Gasteiger partial charge in [0.05, 0.1) is 19.9 Å². The number of carbonyl (C=O) groups is 3. The number of hydrogen-bond donors (Lipinski definition) is 2. The molecule has 0 aromatic heterocycles. The molecule has 2 heterocycles. The fraction of sp³-hybridized carbons (Fsp3) is 0.292. The van der Waals surface area contributed by atoms with Gasteiger partial charge >= 0.3 is 6.09 Å². The van der Waals surface area contributed by atoms with Crippen molar-refractivity contribution in [2.45, 2.75) is 18.4 Å². The molecule has 9 nitrogen and oxygen atoms in total. The lowest BCUT2D eigenvalue weighted by atomic mass is 9.82. The van der Waals surface area contributed by atoms with Crippen LogP contribution in [0.15, 0.2) is 54.6 Å². The predicted molar refractivity (Wildman–Crippen MR) is 121 cm³/mol. The smallest absolute Gasteiger partial charge is 0.412 e. The fourth-order valence-electron chi connectivity index (χ4n) is 4.10. The summed E-state index contributed by atoms with van der Waals surface area (Å²) < 4.78 is 16.2. The summed E-state index contributed by atoms with van der Waals surface area (Å²) in [5.74, 6) is 0.583. The number of piperidine rings is 1. The van der Waals surface area contributed by atoms with E-state index >= 15 is 0 Å². The zero-order valence-electron chi connectivity index (χ0n) is 18.4. The number of hydrogen-bond acceptors (Lipinski definition) is 6. The average molecular weight is 451 g/mol. The van der Waals surface area contributed by atoms with Gasteiger partial charge in [0.25, 0.3) is 0 Å². The van der Waals surface area contributed by atoms with Crippen LogP contribution in [-0.4, -0.2) is 50.1 Å². The van der Waals surface area contributed by atoms with Gasteiger partial charge in [0.2, 0.25) is 11.8 Å². The van der Waals surface area contributed by atoms with E-state index in [-0.39, 0.29) is 5.91 Å². The Kier molecular flexibility index (Phi) is 6.21. The van der Waals surface area contributed by atoms with Crippen LogP contribution in [-0.2, 0) is 19.9 Å². The number of amides is 3. The minimum Gasteiger partial charge on any atom is -0.497 e. The van der Waals surface area contributed by atoms with Gasteiger partial charge in [0.1, 0.15) is 17.1 Å². The van der Waals surface area contributed by atoms with Gasteiger partial charge in [-0.3, -0.25) is 14.9 Å². The molecule has 1 fully saturated rings. The summed E-state index contributed by atoms with van der Waals surface area (Å²) >= 11 is 0. The molecule has 33 heavy (non-hydrogen) atoms. The molecule has 0 saturated carbocycles. The SMILES string of the molecule is COc1cccc(NC(=O)C=CC(=O)N2CCC3(CC2)OC(=O)Nc2ccc(OC)cc23)c1. The van der Waals surface area contributed by atoms with E-state index in [0.29, 0.717) is 48.8 Å². The molecule has 1 spiro atoms. The maximum Gasteiger partial charge on any atom is 0.412 e. The Labute approximate surface area is 191 Å². The third-order valence-corrected chi connectivity index (χ3v) is 5.84. The van der Waals surface area contributed by atoms with Gasteiger partial charge in [0, 0.05) is 55.4 Å². The molecule has 0 radical (unpaired) electrons. The molecule has 2 aromatic rings. The van der Waals surface area contributed by atoms with E-state index in [9.17, 15) is 14.4 Å². The molecule has 0 aliphatic carbocycles. The summed E-state index contributed by atoms with van der Waals surface area (Å²) in [7, 11) is 3.12. The quantitative estimate of drug-likeness (QED) is 0.676. The van der Waals surface area contributed by atoms with Crippen LogP contribution in [0.4, 0.5) is 16.2 Å². The fourth-order valence-corrected chi connectivity index (χ4v) is 4.10. The van der Waals surface area contributed by atoms with Crippen molar-refractivity contribution in [2.24, 2.45) is 0 Å². The number of likely N-dealkylation sites (tertiary alicyclic amines) is 1. The highest BCUT2D eigenvalue weighted by Gasteiger charge is 2.45. The highest BCUT2D eigenvalue weighted by atomic mass is 16.6. The number of ether oxygens (including phenoxy) is 3. The molecule has 2 aromatic carbocycles. The number of nitrogens with zero attached hydrogens (tertiary/aromatic N) is 1. The van der Waals surface area contributed by atoms with Crippen LogP contribution in [0.2, 0.25) is 0 Å². The monoisotopic (exact) mass is 451 g/mol. The minimum absolute atomic E-state index is 0.281. The summed E-state index contributed by atoms with van der Waals surface area (Å²) in [6.07, 6.45) is 2.82. The molecule has 0 atom stereocenters. The van der Waals surface area contributed by atoms with Crippen LogP contribution in [0.5, 0.6) is 11.5 Å². The van der Waals surface area contributed by atoms with Gasteiger partial charge in [-0.05, 0) is 30.3 Å². The first-order valence-electron chi connectivity index (χ1n) is 10.5. The molecule has 0 unspecified atom stereocenters. The molecule has 9 heteroatoms. The van der Waals surface area contributed by atoms with Crippen molar-refractivity contribution >= 4 is 29.3 Å². The molecule has 3 amide bonds. The molecule has 172 valence electrons. The lowest BCUT2D eigenvalue weighted by molar-refractivity contribution is -0.130. The number of methoxy groups -OCH3 is 2. The van der Waals surface area contributed by atoms with E-state index in [0.717, 1.165) is 5.56 Å². The van der Waals surface area contributed by atoms with Crippen molar-refractivity contribution in [3.8, 4) is 11.5 Å². The Hall–Kier alpha value is -4.01. The first-order chi connectivity index (χ1) is 15.9. The molecule has 2 aliphatic heterocycles. The van der Waals surface area contributed by atoms with Crippen LogP contribution in [0.25, 0.3) is 0 Å². The summed E-state index contributed by atoms with van der Waals surface area (Å²) in [6, 6.07) is 12.4. The number of rotatable bonds is 5. The summed E-state index contributed by atoms with van der Waals surface area (Å²) in [5, 5.41) is 5.41. The first-order valence-corrected chi connectivity index (χ1v) is 10.5. The maximum atomic E-state index is 12.6. The van der Waals surface area contributed by atoms with E-state index in [1.165, 1.54) is 12.2 Å². The molecule has 4 rings (SSSR count). The second-order valence-corrected chi connectivity index (χ2v) is 7.80. The number of anilines is 2. The van der Waals surface area contributed by atoms with Crippen LogP contribution in [0.1, 0.15) is 18.4 Å². The summed E-state index contributed by atoms with van der Waals surface area (Å²) in [4.78, 5) is 38.6. The Balaban J connectivity index is 1.39. The van der Waals surface area contributed by atoms with Gasteiger partial charge in [0.15, 0.2) is 0 Å². The van der Waals surface area contributed by atoms with E-state index in [4.69, 9.17) is 14.2 Å². The number of nitrogens with one attached hydrogen (secondary N) is 2. The van der Waals surface area contributed by atoms with E-state index in [1.54, 1.807) is 55.5 Å². The Morgan fingerprint density at radius 3 is 2.52 bits per heavy atom. The normalized spacial score (nSPS) is 16.5. The third-order valence-electron chi connectivity index (χ3n) is 5.84. The summed E-state index contributed by atoms with van der Waals surface area (Å²) in [5.41, 5.74) is 1.26. The Bertz CT molecular complexity index is 1110. The van der Waals surface area contributed by atoms with Gasteiger partial charge in [-0.15, -0.1) is 0 Å². The van der Waals surface area contributed by atoms with Crippen molar-refractivity contribution in [3.05, 3.63) is 60.2 Å². The van der Waals surface area contributed by atoms with Crippen molar-refractivity contribution in [3.63, 3.8) is 0 Å². The van der Waals surface area contributed by atoms with Crippen LogP contribution < -0.4 is 20.1 Å². The Morgan fingerprint density at radius 1 is 1.06 bits per heavy atom. The molecule has 2 N–H and O–H groups in total. The zero-order chi connectivity index (χ0) is 23.4. The number of carbonyl (C=O) groups excluding carboxylic acids is 3. The van der Waals surface area contributed by atoms with Crippen molar-refractivity contribution in [2.75, 3.05) is 37.9 Å². The minimum atomic E-state index is -0.823. The Morgan fingerprint density at radius 2 is 1.79 bits per heavy atom. The average Bonchev–Trinajstić information content (AvgIpc) is 2.83. The zero-order valence-corrected chi connectivity index (χ0v) is 18.4. The van der Waals surface area contributed by atoms with Crippen molar-refractivity contribution in [1.29, 1.82) is 0 Å². The number of fused-ring (bicyclic) bond motifs is 2. The summed E-state index contributed by atoms with van der Waals surface area (Å²) in [6.45, 7) is 0.759. The maximum absolute atomic E-state index is 12.6. The van der Waals surface area contributed by atoms with Crippen LogP contribution >= 0.6 is 0 Å². The predicted octanol–water partition coefficient (Wildman–Crippen LogP) is 3.28. The molecule has 0 bridgehead atoms. The van der Waals surface area contributed by atoms with Gasteiger partial charge in [-0.25, -0.2) is 4.79 Å². The van der Waals surface area contributed by atoms with Crippen LogP contribution in [0.3, 0.4) is 0 Å². The standard InChI is InChI=1S/C24H25N3O6/c1-31-17-5-3-4-16(14-17)25-21(28)8-9-22(29)27-12-10-24(11-13-27)19-15-18(32-2)6-7-20(19)26-23(30)33-24/h3-9,14-15H,10-13H2,1-2H3,(H,25,28)(H,26,30). The van der Waals surface area contributed by atoms with E-state index in [2.05, 4.69) is 10.6 Å². The van der Waals surface area contributed by atoms with Crippen molar-refractivity contribution in [1.82, 2.24) is 4.90 Å². The lowest BCUT2D eigenvalue weighted by Crippen LogP contribution is -2.49. The molecule has 2 aliphatic rings. The van der Waals surface area contributed by atoms with Crippen LogP contribution in [0, 0.1) is 0 Å². The molecular formula is C24H25N3O6. The largest absolute Gasteiger partial charge is 0.497 e. The molecule has 1 saturated heterocycles. The van der Waals surface area contributed by atoms with E-state index < -0.39 is 17.6 Å². The van der Waals surface area contributed by atoms with Crippen molar-refractivity contribution < 1.29 is 28.6 Å². The second-order valence-electron chi connectivity index (χ2n) is 7.80. The third kappa shape index (κ3) is 4.77.